The van der Waals surface area contributed by atoms with E-state index in [-0.39, 0.29) is 12.0 Å². The number of carboxylic acids is 1. The van der Waals surface area contributed by atoms with Crippen molar-refractivity contribution in [2.24, 2.45) is 5.41 Å². The number of ether oxygens (including phenoxy) is 1. The van der Waals surface area contributed by atoms with E-state index in [0.29, 0.717) is 17.4 Å². The normalized spacial score (nSPS) is 17.1. The van der Waals surface area contributed by atoms with Crippen molar-refractivity contribution in [1.82, 2.24) is 10.6 Å². The molecule has 0 bridgehead atoms. The molecule has 9 heteroatoms. The van der Waals surface area contributed by atoms with E-state index in [1.807, 2.05) is 51.1 Å². The zero-order valence-electron chi connectivity index (χ0n) is 34.1. The first kappa shape index (κ1) is 43.6. The van der Waals surface area contributed by atoms with Gasteiger partial charge in [0, 0.05) is 29.1 Å². The van der Waals surface area contributed by atoms with Crippen molar-refractivity contribution < 1.29 is 23.6 Å². The first-order valence-corrected chi connectivity index (χ1v) is 22.0. The summed E-state index contributed by atoms with van der Waals surface area (Å²) < 4.78 is 21.0. The minimum atomic E-state index is -1.24. The Bertz CT molecular complexity index is 1710. The molecule has 55 heavy (non-hydrogen) atoms. The van der Waals surface area contributed by atoms with Crippen molar-refractivity contribution in [2.75, 3.05) is 30.3 Å². The van der Waals surface area contributed by atoms with Gasteiger partial charge in [-0.3, -0.25) is 13.8 Å². The number of para-hydroxylation sites is 1. The van der Waals surface area contributed by atoms with Crippen LogP contribution < -0.4 is 20.3 Å². The lowest BCUT2D eigenvalue weighted by Gasteiger charge is -2.37. The average Bonchev–Trinajstić information content (AvgIpc) is 3.29. The van der Waals surface area contributed by atoms with Crippen molar-refractivity contribution >= 4 is 34.1 Å². The maximum atomic E-state index is 14.5. The third-order valence-electron chi connectivity index (χ3n) is 10.8. The lowest BCUT2D eigenvalue weighted by atomic mass is 9.79. The minimum Gasteiger partial charge on any atom is -0.487 e. The Morgan fingerprint density at radius 3 is 2.24 bits per heavy atom. The summed E-state index contributed by atoms with van der Waals surface area (Å²) in [4.78, 5) is 28.0. The fourth-order valence-electron chi connectivity index (χ4n) is 7.48. The Morgan fingerprint density at radius 1 is 0.982 bits per heavy atom. The number of aryl methyl sites for hydroxylation is 1. The summed E-state index contributed by atoms with van der Waals surface area (Å²) in [5.74, 6) is 0.311. The molecule has 1 amide bonds. The van der Waals surface area contributed by atoms with Crippen LogP contribution in [0.25, 0.3) is 0 Å². The smallest absolute Gasteiger partial charge is 0.322 e. The standard InChI is InChI=1S/C44H59N3O5S.C2H6/c1-5-8-17-36(46-42(43(50)45-28-41(48)49)35-22-20-34(21-23-35)33-15-14-16-33)29-52-39-27-40-38(26-32(39)4)47(37-18-12-11-13-19-37)30-44(24-9-6-2,25-10-7-3)31-53(40)51;1-2/h11-13,17-23,26-27,33,42,46H,5-10,14-16,24-25,28-31H2,1-4H3,(H,45,50)(H,48,49);1-2H3/b36-17-;. The van der Waals surface area contributed by atoms with Gasteiger partial charge in [-0.05, 0) is 85.9 Å². The highest BCUT2D eigenvalue weighted by molar-refractivity contribution is 7.85. The lowest BCUT2D eigenvalue weighted by molar-refractivity contribution is -0.138. The highest BCUT2D eigenvalue weighted by Crippen LogP contribution is 2.45. The van der Waals surface area contributed by atoms with Crippen molar-refractivity contribution in [3.63, 3.8) is 0 Å². The Kier molecular flexibility index (Phi) is 17.3. The summed E-state index contributed by atoms with van der Waals surface area (Å²) in [6, 6.07) is 21.8. The number of rotatable bonds is 19. The molecule has 5 rings (SSSR count). The molecule has 0 spiro atoms. The van der Waals surface area contributed by atoms with Crippen LogP contribution in [0.5, 0.6) is 5.75 Å². The van der Waals surface area contributed by atoms with Gasteiger partial charge in [-0.1, -0.05) is 122 Å². The van der Waals surface area contributed by atoms with Crippen molar-refractivity contribution in [3.05, 3.63) is 95.2 Å². The average molecular weight is 772 g/mol. The van der Waals surface area contributed by atoms with Crippen molar-refractivity contribution in [3.8, 4) is 5.75 Å². The highest BCUT2D eigenvalue weighted by Gasteiger charge is 2.39. The van der Waals surface area contributed by atoms with E-state index >= 15 is 0 Å². The maximum absolute atomic E-state index is 14.5. The van der Waals surface area contributed by atoms with E-state index in [0.717, 1.165) is 91.0 Å². The van der Waals surface area contributed by atoms with Gasteiger partial charge in [0.05, 0.1) is 21.4 Å². The van der Waals surface area contributed by atoms with E-state index in [2.05, 4.69) is 78.8 Å². The van der Waals surface area contributed by atoms with E-state index in [4.69, 9.17) is 4.74 Å². The molecule has 1 heterocycles. The van der Waals surface area contributed by atoms with Gasteiger partial charge in [0.15, 0.2) is 0 Å². The van der Waals surface area contributed by atoms with Crippen molar-refractivity contribution in [1.29, 1.82) is 0 Å². The van der Waals surface area contributed by atoms with Crippen LogP contribution in [0.3, 0.4) is 0 Å². The molecule has 3 aromatic rings. The summed E-state index contributed by atoms with van der Waals surface area (Å²) in [7, 11) is -1.24. The fourth-order valence-corrected chi connectivity index (χ4v) is 9.21. The zero-order chi connectivity index (χ0) is 39.8. The van der Waals surface area contributed by atoms with Gasteiger partial charge in [-0.2, -0.15) is 0 Å². The molecule has 0 radical (unpaired) electrons. The van der Waals surface area contributed by atoms with Gasteiger partial charge >= 0.3 is 5.97 Å². The number of nitrogens with zero attached hydrogens (tertiary/aromatic N) is 1. The number of aliphatic carboxylic acids is 1. The molecule has 1 aliphatic heterocycles. The third-order valence-corrected chi connectivity index (χ3v) is 12.5. The van der Waals surface area contributed by atoms with Crippen LogP contribution in [0.15, 0.2) is 83.4 Å². The largest absolute Gasteiger partial charge is 0.487 e. The van der Waals surface area contributed by atoms with E-state index in [1.54, 1.807) is 0 Å². The van der Waals surface area contributed by atoms with Crippen LogP contribution in [0, 0.1) is 12.3 Å². The molecule has 1 aliphatic carbocycles. The number of fused-ring (bicyclic) bond motifs is 1. The van der Waals surface area contributed by atoms with Crippen LogP contribution in [0.4, 0.5) is 11.4 Å². The fraction of sp³-hybridized carbons (Fsp3) is 0.522. The number of carbonyl (C=O) groups excluding carboxylic acids is 1. The SMILES string of the molecule is CC.CCC/C=C(/COc1cc2c(cc1C)N(c1ccccc1)CC(CCCC)(CCCC)CS2=O)NC(C(=O)NCC(=O)O)c1ccc(C2CCC2)cc1. The van der Waals surface area contributed by atoms with Gasteiger partial charge in [0.2, 0.25) is 5.91 Å². The van der Waals surface area contributed by atoms with Crippen LogP contribution in [0.1, 0.15) is 134 Å². The summed E-state index contributed by atoms with van der Waals surface area (Å²) in [6.07, 6.45) is 13.8. The third kappa shape index (κ3) is 11.9. The van der Waals surface area contributed by atoms with Crippen LogP contribution in [-0.2, 0) is 20.4 Å². The number of anilines is 2. The minimum absolute atomic E-state index is 0.0764. The number of hydrogen-bond donors (Lipinski definition) is 3. The summed E-state index contributed by atoms with van der Waals surface area (Å²) >= 11 is 0. The van der Waals surface area contributed by atoms with Gasteiger partial charge in [-0.25, -0.2) is 0 Å². The molecule has 3 aromatic carbocycles. The van der Waals surface area contributed by atoms with Crippen molar-refractivity contribution in [2.45, 2.75) is 129 Å². The molecule has 1 fully saturated rings. The van der Waals surface area contributed by atoms with Gasteiger partial charge in [-0.15, -0.1) is 0 Å². The first-order valence-electron chi connectivity index (χ1n) is 20.7. The number of carboxylic acid groups (broad SMARTS) is 1. The summed E-state index contributed by atoms with van der Waals surface area (Å²) in [6.45, 7) is 13.1. The molecule has 300 valence electrons. The summed E-state index contributed by atoms with van der Waals surface area (Å²) in [5, 5.41) is 15.3. The predicted molar refractivity (Wildman–Crippen MR) is 227 cm³/mol. The van der Waals surface area contributed by atoms with Gasteiger partial charge < -0.3 is 25.4 Å². The topological polar surface area (TPSA) is 108 Å². The Hall–Kier alpha value is -4.11. The van der Waals surface area contributed by atoms with E-state index in [1.165, 1.54) is 24.8 Å². The lowest BCUT2D eigenvalue weighted by Crippen LogP contribution is -2.40. The monoisotopic (exact) mass is 771 g/mol. The second kappa shape index (κ2) is 21.8. The molecule has 2 aliphatic rings. The maximum Gasteiger partial charge on any atom is 0.322 e. The zero-order valence-corrected chi connectivity index (χ0v) is 34.9. The van der Waals surface area contributed by atoms with E-state index < -0.39 is 35.3 Å². The molecular weight excluding hydrogens is 707 g/mol. The molecule has 2 unspecified atom stereocenters. The second-order valence-electron chi connectivity index (χ2n) is 15.0. The molecule has 8 nitrogen and oxygen atoms in total. The first-order chi connectivity index (χ1) is 26.7. The van der Waals surface area contributed by atoms with Gasteiger partial charge in [0.1, 0.15) is 24.9 Å². The Labute approximate surface area is 333 Å². The predicted octanol–water partition coefficient (Wildman–Crippen LogP) is 10.5. The number of nitrogens with one attached hydrogen (secondary N) is 2. The molecule has 3 N–H and O–H groups in total. The Morgan fingerprint density at radius 2 is 1.65 bits per heavy atom. The molecular formula is C46H65N3O5S. The van der Waals surface area contributed by atoms with Gasteiger partial charge in [0.25, 0.3) is 0 Å². The molecule has 1 saturated carbocycles. The number of amides is 1. The Balaban J connectivity index is 0.00000331. The van der Waals surface area contributed by atoms with Crippen LogP contribution in [0.2, 0.25) is 0 Å². The van der Waals surface area contributed by atoms with Crippen LogP contribution >= 0.6 is 0 Å². The number of carbonyl (C=O) groups is 2. The molecule has 0 aromatic heterocycles. The molecule has 0 saturated heterocycles. The van der Waals surface area contributed by atoms with Crippen LogP contribution in [-0.4, -0.2) is 46.6 Å². The number of unbranched alkanes of at least 4 members (excludes halogenated alkanes) is 3. The molecule has 2 atom stereocenters. The quantitative estimate of drug-likeness (QED) is 0.111. The number of benzene rings is 3. The van der Waals surface area contributed by atoms with E-state index in [9.17, 15) is 18.9 Å². The highest BCUT2D eigenvalue weighted by atomic mass is 32.2. The summed E-state index contributed by atoms with van der Waals surface area (Å²) in [5.41, 5.74) is 5.68. The number of hydrogen-bond acceptors (Lipinski definition) is 6. The second-order valence-corrected chi connectivity index (χ2v) is 16.4. The number of allylic oxidation sites excluding steroid dienone is 1.